The summed E-state index contributed by atoms with van der Waals surface area (Å²) in [5, 5.41) is 3.53. The lowest BCUT2D eigenvalue weighted by Gasteiger charge is -2.42. The van der Waals surface area contributed by atoms with E-state index < -0.39 is 0 Å². The zero-order valence-corrected chi connectivity index (χ0v) is 22.2. The van der Waals surface area contributed by atoms with Crippen LogP contribution < -0.4 is 10.9 Å². The van der Waals surface area contributed by atoms with Gasteiger partial charge in [-0.1, -0.05) is 104 Å². The largest absolute Gasteiger partial charge is 0.325 e. The highest BCUT2D eigenvalue weighted by Crippen LogP contribution is 2.48. The van der Waals surface area contributed by atoms with Crippen molar-refractivity contribution in [1.82, 2.24) is 9.55 Å². The van der Waals surface area contributed by atoms with E-state index in [0.29, 0.717) is 11.7 Å². The fourth-order valence-electron chi connectivity index (χ4n) is 6.09. The molecule has 2 aliphatic carbocycles. The number of aromatic nitrogens is 2. The van der Waals surface area contributed by atoms with Crippen LogP contribution in [0.5, 0.6) is 0 Å². The highest BCUT2D eigenvalue weighted by atomic mass is 32.2. The third kappa shape index (κ3) is 4.81. The second-order valence-corrected chi connectivity index (χ2v) is 11.3. The van der Waals surface area contributed by atoms with Gasteiger partial charge in [-0.25, -0.2) is 4.98 Å². The van der Waals surface area contributed by atoms with Crippen LogP contribution in [-0.4, -0.2) is 21.2 Å². The van der Waals surface area contributed by atoms with Gasteiger partial charge in [-0.3, -0.25) is 14.2 Å². The van der Waals surface area contributed by atoms with Crippen molar-refractivity contribution in [2.45, 2.75) is 55.6 Å². The molecule has 38 heavy (non-hydrogen) atoms. The van der Waals surface area contributed by atoms with Crippen molar-refractivity contribution in [3.05, 3.63) is 112 Å². The number of anilines is 1. The minimum absolute atomic E-state index is 0.0428. The van der Waals surface area contributed by atoms with E-state index in [2.05, 4.69) is 23.5 Å². The van der Waals surface area contributed by atoms with Gasteiger partial charge in [0, 0.05) is 16.7 Å². The Hall–Kier alpha value is -3.64. The Balaban J connectivity index is 1.44. The molecule has 0 bridgehead atoms. The molecule has 1 amide bonds. The molecule has 1 spiro atoms. The summed E-state index contributed by atoms with van der Waals surface area (Å²) in [7, 11) is 0. The van der Waals surface area contributed by atoms with E-state index in [-0.39, 0.29) is 22.6 Å². The van der Waals surface area contributed by atoms with Crippen LogP contribution >= 0.6 is 11.8 Å². The van der Waals surface area contributed by atoms with E-state index in [9.17, 15) is 9.59 Å². The fraction of sp³-hybridized carbons (Fsp3) is 0.281. The first kappa shape index (κ1) is 24.7. The van der Waals surface area contributed by atoms with Gasteiger partial charge < -0.3 is 5.32 Å². The zero-order chi connectivity index (χ0) is 26.0. The van der Waals surface area contributed by atoms with Crippen LogP contribution in [0.4, 0.5) is 5.69 Å². The minimum Gasteiger partial charge on any atom is -0.325 e. The first-order valence-electron chi connectivity index (χ1n) is 13.4. The lowest BCUT2D eigenvalue weighted by Crippen LogP contribution is -2.43. The number of nitrogens with zero attached hydrogens (tertiary/aromatic N) is 2. The number of thioether (sulfide) groups is 1. The van der Waals surface area contributed by atoms with Gasteiger partial charge in [0.1, 0.15) is 0 Å². The predicted molar refractivity (Wildman–Crippen MR) is 154 cm³/mol. The van der Waals surface area contributed by atoms with Crippen LogP contribution in [0.1, 0.15) is 48.8 Å². The third-order valence-electron chi connectivity index (χ3n) is 7.85. The van der Waals surface area contributed by atoms with Crippen molar-refractivity contribution in [3.8, 4) is 11.3 Å². The summed E-state index contributed by atoms with van der Waals surface area (Å²) in [4.78, 5) is 32.5. The minimum atomic E-state index is -0.168. The van der Waals surface area contributed by atoms with E-state index in [4.69, 9.17) is 4.98 Å². The van der Waals surface area contributed by atoms with E-state index in [1.807, 2.05) is 66.7 Å². The summed E-state index contributed by atoms with van der Waals surface area (Å²) in [5.41, 5.74) is 5.69. The molecule has 0 atom stereocenters. The van der Waals surface area contributed by atoms with Crippen LogP contribution in [0.2, 0.25) is 0 Å². The van der Waals surface area contributed by atoms with Crippen molar-refractivity contribution in [2.24, 2.45) is 0 Å². The number of carbonyl (C=O) groups is 1. The second kappa shape index (κ2) is 10.6. The van der Waals surface area contributed by atoms with Gasteiger partial charge in [-0.2, -0.15) is 0 Å². The number of fused-ring (bicyclic) bond motifs is 4. The average Bonchev–Trinajstić information content (AvgIpc) is 2.95. The van der Waals surface area contributed by atoms with Gasteiger partial charge in [0.15, 0.2) is 5.16 Å². The first-order chi connectivity index (χ1) is 18.6. The molecule has 5 nitrogen and oxygen atoms in total. The highest BCUT2D eigenvalue weighted by Gasteiger charge is 2.43. The number of carbonyl (C=O) groups excluding carboxylic acids is 1. The normalized spacial score (nSPS) is 15.5. The van der Waals surface area contributed by atoms with Crippen LogP contribution in [0.25, 0.3) is 11.3 Å². The Bertz CT molecular complexity index is 1510. The van der Waals surface area contributed by atoms with Gasteiger partial charge in [0.05, 0.1) is 23.6 Å². The summed E-state index contributed by atoms with van der Waals surface area (Å²) in [6.45, 7) is 0.431. The summed E-state index contributed by atoms with van der Waals surface area (Å²) >= 11 is 1.33. The topological polar surface area (TPSA) is 64.0 Å². The summed E-state index contributed by atoms with van der Waals surface area (Å²) in [5.74, 6) is 0.0467. The lowest BCUT2D eigenvalue weighted by atomic mass is 9.62. The number of amides is 1. The van der Waals surface area contributed by atoms with Crippen molar-refractivity contribution < 1.29 is 4.79 Å². The van der Waals surface area contributed by atoms with E-state index in [1.165, 1.54) is 23.7 Å². The van der Waals surface area contributed by atoms with Gasteiger partial charge in [-0.15, -0.1) is 0 Å². The molecular weight excluding hydrogens is 490 g/mol. The van der Waals surface area contributed by atoms with Gasteiger partial charge in [-0.05, 0) is 42.5 Å². The number of rotatable bonds is 6. The SMILES string of the molecule is O=C(CSc1nc2c(c(=O)n1Cc1ccccc1)C1(CCCCC1)Cc1ccccc1-2)Nc1ccccc1. The second-order valence-electron chi connectivity index (χ2n) is 10.4. The maximum absolute atomic E-state index is 14.5. The Morgan fingerprint density at radius 3 is 2.34 bits per heavy atom. The quantitative estimate of drug-likeness (QED) is 0.234. The maximum atomic E-state index is 14.5. The van der Waals surface area contributed by atoms with Crippen molar-refractivity contribution in [1.29, 1.82) is 0 Å². The summed E-state index contributed by atoms with van der Waals surface area (Å²) in [6.07, 6.45) is 6.41. The zero-order valence-electron chi connectivity index (χ0n) is 21.4. The third-order valence-corrected chi connectivity index (χ3v) is 8.83. The Morgan fingerprint density at radius 1 is 0.895 bits per heavy atom. The molecule has 1 heterocycles. The molecule has 6 heteroatoms. The van der Waals surface area contributed by atoms with Crippen LogP contribution in [0.3, 0.4) is 0 Å². The number of para-hydroxylation sites is 1. The molecule has 0 aliphatic heterocycles. The molecule has 4 aromatic rings. The van der Waals surface area contributed by atoms with E-state index >= 15 is 0 Å². The lowest BCUT2D eigenvalue weighted by molar-refractivity contribution is -0.113. The molecule has 192 valence electrons. The molecule has 3 aromatic carbocycles. The van der Waals surface area contributed by atoms with Crippen molar-refractivity contribution in [2.75, 3.05) is 11.1 Å². The van der Waals surface area contributed by atoms with E-state index in [0.717, 1.165) is 60.2 Å². The van der Waals surface area contributed by atoms with Crippen molar-refractivity contribution >= 4 is 23.4 Å². The standard InChI is InChI=1S/C32H31N3O2S/c36-27(33-25-15-6-2-7-16-25)22-38-31-34-29-26-17-9-8-14-24(26)20-32(18-10-3-11-19-32)28(29)30(37)35(31)21-23-12-4-1-5-13-23/h1-2,4-9,12-17H,3,10-11,18-22H2,(H,33,36). The Labute approximate surface area is 227 Å². The van der Waals surface area contributed by atoms with Crippen LogP contribution in [0.15, 0.2) is 94.9 Å². The molecule has 1 saturated carbocycles. The molecular formula is C32H31N3O2S. The Kier molecular flexibility index (Phi) is 6.90. The average molecular weight is 522 g/mol. The summed E-state index contributed by atoms with van der Waals surface area (Å²) in [6, 6.07) is 27.9. The molecule has 0 saturated heterocycles. The van der Waals surface area contributed by atoms with E-state index in [1.54, 1.807) is 4.57 Å². The number of hydrogen-bond acceptors (Lipinski definition) is 4. The molecule has 2 aliphatic rings. The predicted octanol–water partition coefficient (Wildman–Crippen LogP) is 6.45. The number of nitrogens with one attached hydrogen (secondary N) is 1. The number of hydrogen-bond donors (Lipinski definition) is 1. The highest BCUT2D eigenvalue weighted by molar-refractivity contribution is 7.99. The molecule has 1 N–H and O–H groups in total. The van der Waals surface area contributed by atoms with Gasteiger partial charge >= 0.3 is 0 Å². The molecule has 1 aromatic heterocycles. The van der Waals surface area contributed by atoms with Gasteiger partial charge in [0.25, 0.3) is 5.56 Å². The first-order valence-corrected chi connectivity index (χ1v) is 14.4. The fourth-order valence-corrected chi connectivity index (χ4v) is 6.88. The Morgan fingerprint density at radius 2 is 1.58 bits per heavy atom. The smallest absolute Gasteiger partial charge is 0.258 e. The van der Waals surface area contributed by atoms with Crippen LogP contribution in [0, 0.1) is 0 Å². The summed E-state index contributed by atoms with van der Waals surface area (Å²) < 4.78 is 1.80. The molecule has 6 rings (SSSR count). The molecule has 1 fully saturated rings. The van der Waals surface area contributed by atoms with Gasteiger partial charge in [0.2, 0.25) is 5.91 Å². The van der Waals surface area contributed by atoms with Crippen molar-refractivity contribution in [3.63, 3.8) is 0 Å². The molecule has 0 unspecified atom stereocenters. The monoisotopic (exact) mass is 521 g/mol. The maximum Gasteiger partial charge on any atom is 0.258 e. The van der Waals surface area contributed by atoms with Crippen LogP contribution in [-0.2, 0) is 23.2 Å². The number of benzene rings is 3. The molecule has 0 radical (unpaired) electrons.